The van der Waals surface area contributed by atoms with Gasteiger partial charge in [-0.15, -0.1) is 0 Å². The lowest BCUT2D eigenvalue weighted by molar-refractivity contribution is -0.305. The van der Waals surface area contributed by atoms with Gasteiger partial charge in [0, 0.05) is 6.92 Å². The normalized spacial score (nSPS) is 27.4. The van der Waals surface area contributed by atoms with E-state index in [0.717, 1.165) is 13.0 Å². The summed E-state index contributed by atoms with van der Waals surface area (Å²) in [5, 5.41) is 52.4. The molecule has 0 spiro atoms. The highest BCUT2D eigenvalue weighted by Gasteiger charge is 2.42. The second-order valence-corrected chi connectivity index (χ2v) is 5.56. The smallest absolute Gasteiger partial charge is 0.217 e. The molecule has 1 amide bonds. The van der Waals surface area contributed by atoms with E-state index in [1.165, 1.54) is 6.92 Å². The summed E-state index contributed by atoms with van der Waals surface area (Å²) < 4.78 is 10.0. The summed E-state index contributed by atoms with van der Waals surface area (Å²) in [5.41, 5.74) is 0. The molecular weight excluding hydrogens is 326 g/mol. The summed E-state index contributed by atoms with van der Waals surface area (Å²) in [7, 11) is 0. The van der Waals surface area contributed by atoms with Gasteiger partial charge in [0.05, 0.1) is 31.5 Å². The van der Waals surface area contributed by atoms with Gasteiger partial charge in [-0.3, -0.25) is 4.79 Å². The number of aliphatic hydroxyl groups excluding tert-OH is 4. The zero-order valence-electron chi connectivity index (χ0n) is 13.3. The number of aliphatic carboxylic acids is 1. The van der Waals surface area contributed by atoms with Crippen LogP contribution in [0.5, 0.6) is 0 Å². The summed E-state index contributed by atoms with van der Waals surface area (Å²) in [6, 6.07) is -1.19. The Morgan fingerprint density at radius 3 is 2.50 bits per heavy atom. The second kappa shape index (κ2) is 8.94. The van der Waals surface area contributed by atoms with Crippen LogP contribution in [0.1, 0.15) is 13.8 Å². The average Bonchev–Trinajstić information content (AvgIpc) is 2.47. The van der Waals surface area contributed by atoms with E-state index in [2.05, 4.69) is 5.32 Å². The molecule has 0 fully saturated rings. The molecule has 0 saturated carbocycles. The lowest BCUT2D eigenvalue weighted by Gasteiger charge is -2.39. The van der Waals surface area contributed by atoms with Crippen molar-refractivity contribution in [2.75, 3.05) is 13.2 Å². The number of carbonyl (C=O) groups is 2. The van der Waals surface area contributed by atoms with Crippen molar-refractivity contribution in [3.05, 3.63) is 11.8 Å². The van der Waals surface area contributed by atoms with Crippen LogP contribution in [-0.2, 0) is 19.1 Å². The average molecular weight is 348 g/mol. The molecule has 6 atom stereocenters. The molecule has 0 aromatic heterocycles. The van der Waals surface area contributed by atoms with Crippen LogP contribution in [0.4, 0.5) is 0 Å². The second-order valence-electron chi connectivity index (χ2n) is 5.56. The molecule has 1 rings (SSSR count). The van der Waals surface area contributed by atoms with Crippen molar-refractivity contribution in [1.29, 1.82) is 0 Å². The van der Waals surface area contributed by atoms with Crippen molar-refractivity contribution in [1.82, 2.24) is 5.32 Å². The number of rotatable bonds is 8. The molecule has 0 radical (unpaired) electrons. The molecule has 5 N–H and O–H groups in total. The predicted molar refractivity (Wildman–Crippen MR) is 76.1 cm³/mol. The van der Waals surface area contributed by atoms with E-state index in [1.54, 1.807) is 0 Å². The highest BCUT2D eigenvalue weighted by Crippen LogP contribution is 2.22. The third-order valence-electron chi connectivity index (χ3n) is 3.26. The SMILES string of the molecule is CC(=O)N[C@@H]1C(O)C=C(C(=O)[O-])OC1[C@H](O)[C@H](O)COC[C@H](C)O. The van der Waals surface area contributed by atoms with E-state index in [9.17, 15) is 30.0 Å². The highest BCUT2D eigenvalue weighted by atomic mass is 16.5. The van der Waals surface area contributed by atoms with Gasteiger partial charge in [0.2, 0.25) is 5.91 Å². The Bertz CT molecular complexity index is 479. The van der Waals surface area contributed by atoms with E-state index in [0.29, 0.717) is 0 Å². The van der Waals surface area contributed by atoms with E-state index in [-0.39, 0.29) is 13.2 Å². The topological polar surface area (TPSA) is 169 Å². The van der Waals surface area contributed by atoms with Crippen LogP contribution in [0.15, 0.2) is 11.8 Å². The van der Waals surface area contributed by atoms with Crippen molar-refractivity contribution in [2.24, 2.45) is 0 Å². The van der Waals surface area contributed by atoms with Gasteiger partial charge in [0.25, 0.3) is 0 Å². The number of ether oxygens (including phenoxy) is 2. The van der Waals surface area contributed by atoms with Gasteiger partial charge >= 0.3 is 0 Å². The van der Waals surface area contributed by atoms with Gasteiger partial charge in [-0.1, -0.05) is 0 Å². The molecule has 0 bridgehead atoms. The molecule has 10 heteroatoms. The molecule has 0 saturated heterocycles. The fourth-order valence-electron chi connectivity index (χ4n) is 2.19. The first kappa shape index (κ1) is 20.3. The maximum Gasteiger partial charge on any atom is 0.217 e. The number of carbonyl (C=O) groups excluding carboxylic acids is 2. The summed E-state index contributed by atoms with van der Waals surface area (Å²) in [6.07, 6.45) is -6.07. The summed E-state index contributed by atoms with van der Waals surface area (Å²) in [6.45, 7) is 2.17. The molecule has 24 heavy (non-hydrogen) atoms. The lowest BCUT2D eigenvalue weighted by atomic mass is 9.94. The van der Waals surface area contributed by atoms with E-state index < -0.39 is 54.2 Å². The molecule has 0 aromatic rings. The maximum atomic E-state index is 11.2. The standard InChI is InChI=1S/C14H23NO9/c1-6(16)4-23-5-9(19)12(20)13-11(15-7(2)17)8(18)3-10(24-13)14(21)22/h3,6,8-9,11-13,16,18-20H,4-5H2,1-2H3,(H,15,17)(H,21,22)/p-1/t6-,8?,9+,11+,12+,13?/m0/s1. The summed E-state index contributed by atoms with van der Waals surface area (Å²) in [5.74, 6) is -2.98. The largest absolute Gasteiger partial charge is 0.542 e. The van der Waals surface area contributed by atoms with Crippen LogP contribution in [0.3, 0.4) is 0 Å². The van der Waals surface area contributed by atoms with Gasteiger partial charge in [-0.05, 0) is 13.0 Å². The first-order chi connectivity index (χ1) is 11.1. The minimum absolute atomic E-state index is 0.0861. The first-order valence-corrected chi connectivity index (χ1v) is 7.30. The Kier molecular flexibility index (Phi) is 7.58. The summed E-state index contributed by atoms with van der Waals surface area (Å²) in [4.78, 5) is 22.1. The minimum atomic E-state index is -1.72. The number of carboxylic acids is 1. The Morgan fingerprint density at radius 2 is 2.00 bits per heavy atom. The van der Waals surface area contributed by atoms with Gasteiger partial charge < -0.3 is 45.1 Å². The van der Waals surface area contributed by atoms with Crippen LogP contribution in [0.25, 0.3) is 0 Å². The third-order valence-corrected chi connectivity index (χ3v) is 3.26. The molecule has 1 heterocycles. The number of nitrogens with one attached hydrogen (secondary N) is 1. The number of amides is 1. The molecule has 0 aliphatic carbocycles. The Balaban J connectivity index is 2.86. The van der Waals surface area contributed by atoms with Gasteiger partial charge in [-0.25, -0.2) is 0 Å². The van der Waals surface area contributed by atoms with Gasteiger partial charge in [0.15, 0.2) is 6.10 Å². The fraction of sp³-hybridized carbons (Fsp3) is 0.714. The highest BCUT2D eigenvalue weighted by molar-refractivity contribution is 5.82. The van der Waals surface area contributed by atoms with E-state index in [1.807, 2.05) is 0 Å². The quantitative estimate of drug-likeness (QED) is 0.293. The Labute approximate surface area is 138 Å². The van der Waals surface area contributed by atoms with Crippen LogP contribution >= 0.6 is 0 Å². The molecule has 138 valence electrons. The van der Waals surface area contributed by atoms with E-state index >= 15 is 0 Å². The number of carboxylic acid groups (broad SMARTS) is 1. The van der Waals surface area contributed by atoms with Crippen molar-refractivity contribution in [3.8, 4) is 0 Å². The molecule has 10 nitrogen and oxygen atoms in total. The lowest BCUT2D eigenvalue weighted by Crippen LogP contribution is -2.60. The van der Waals surface area contributed by atoms with Crippen molar-refractivity contribution < 1.29 is 44.6 Å². The Morgan fingerprint density at radius 1 is 1.38 bits per heavy atom. The van der Waals surface area contributed by atoms with E-state index in [4.69, 9.17) is 14.6 Å². The van der Waals surface area contributed by atoms with Crippen molar-refractivity contribution in [2.45, 2.75) is 50.4 Å². The minimum Gasteiger partial charge on any atom is -0.542 e. The molecule has 1 aliphatic heterocycles. The fourth-order valence-corrected chi connectivity index (χ4v) is 2.19. The van der Waals surface area contributed by atoms with Gasteiger partial charge in [0.1, 0.15) is 23.9 Å². The Hall–Kier alpha value is -1.72. The first-order valence-electron chi connectivity index (χ1n) is 7.30. The predicted octanol–water partition coefficient (Wildman–Crippen LogP) is -4.00. The number of hydrogen-bond acceptors (Lipinski definition) is 9. The zero-order valence-corrected chi connectivity index (χ0v) is 13.3. The molecule has 0 aromatic carbocycles. The third kappa shape index (κ3) is 5.73. The van der Waals surface area contributed by atoms with Crippen molar-refractivity contribution in [3.63, 3.8) is 0 Å². The van der Waals surface area contributed by atoms with Crippen LogP contribution in [-0.4, -0.2) is 82.1 Å². The monoisotopic (exact) mass is 348 g/mol. The summed E-state index contributed by atoms with van der Waals surface area (Å²) >= 11 is 0. The van der Waals surface area contributed by atoms with Gasteiger partial charge in [-0.2, -0.15) is 0 Å². The maximum absolute atomic E-state index is 11.2. The molecular formula is C14H22NO9-. The molecule has 2 unspecified atom stereocenters. The van der Waals surface area contributed by atoms with Crippen LogP contribution in [0.2, 0.25) is 0 Å². The molecule has 1 aliphatic rings. The van der Waals surface area contributed by atoms with Crippen LogP contribution in [0, 0.1) is 0 Å². The number of hydrogen-bond donors (Lipinski definition) is 5. The number of aliphatic hydroxyl groups is 4. The van der Waals surface area contributed by atoms with Crippen LogP contribution < -0.4 is 10.4 Å². The zero-order chi connectivity index (χ0) is 18.4. The van der Waals surface area contributed by atoms with Crippen molar-refractivity contribution >= 4 is 11.9 Å².